The molecule has 2 aliphatic heterocycles. The predicted molar refractivity (Wildman–Crippen MR) is 133 cm³/mol. The van der Waals surface area contributed by atoms with Crippen LogP contribution in [0.3, 0.4) is 0 Å². The number of nitrogens with two attached hydrogens (primary N) is 1. The average molecular weight is 484 g/mol. The Kier molecular flexibility index (Phi) is 7.75. The molecule has 0 bridgehead atoms. The Hall–Kier alpha value is -3.03. The summed E-state index contributed by atoms with van der Waals surface area (Å²) in [7, 11) is 0. The fourth-order valence-corrected chi connectivity index (χ4v) is 4.61. The van der Waals surface area contributed by atoms with Gasteiger partial charge in [-0.3, -0.25) is 9.69 Å². The van der Waals surface area contributed by atoms with E-state index in [4.69, 9.17) is 26.8 Å². The molecule has 180 valence electrons. The van der Waals surface area contributed by atoms with E-state index in [9.17, 15) is 9.59 Å². The molecule has 2 aromatic carbocycles. The molecule has 2 aromatic rings. The van der Waals surface area contributed by atoms with Crippen LogP contribution in [0.1, 0.15) is 47.3 Å². The highest BCUT2D eigenvalue weighted by atomic mass is 35.5. The molecule has 2 N–H and O–H groups in total. The number of carbonyl (C=O) groups excluding carboxylic acids is 2. The number of morpholine rings is 1. The van der Waals surface area contributed by atoms with Crippen LogP contribution in [-0.4, -0.2) is 61.3 Å². The van der Waals surface area contributed by atoms with E-state index in [2.05, 4.69) is 6.08 Å². The second-order valence-electron chi connectivity index (χ2n) is 8.39. The maximum absolute atomic E-state index is 12.9. The van der Waals surface area contributed by atoms with Gasteiger partial charge < -0.3 is 20.1 Å². The molecule has 8 heteroatoms. The fourth-order valence-electron chi connectivity index (χ4n) is 4.43. The summed E-state index contributed by atoms with van der Waals surface area (Å²) >= 11 is 6.25. The summed E-state index contributed by atoms with van der Waals surface area (Å²) < 4.78 is 10.7. The van der Waals surface area contributed by atoms with E-state index < -0.39 is 0 Å². The summed E-state index contributed by atoms with van der Waals surface area (Å²) in [6.45, 7) is 4.93. The van der Waals surface area contributed by atoms with Crippen molar-refractivity contribution in [3.63, 3.8) is 0 Å². The quantitative estimate of drug-likeness (QED) is 0.633. The van der Waals surface area contributed by atoms with Crippen LogP contribution in [0.5, 0.6) is 0 Å². The van der Waals surface area contributed by atoms with Gasteiger partial charge in [0, 0.05) is 41.5 Å². The number of hydrogen-bond acceptors (Lipinski definition) is 5. The van der Waals surface area contributed by atoms with Gasteiger partial charge in [-0.15, -0.1) is 0 Å². The second-order valence-corrected chi connectivity index (χ2v) is 8.83. The average Bonchev–Trinajstić information content (AvgIpc) is 3.09. The molecule has 4 rings (SSSR count). The van der Waals surface area contributed by atoms with Gasteiger partial charge in [0.15, 0.2) is 0 Å². The number of halogens is 1. The maximum Gasteiger partial charge on any atom is 0.410 e. The number of nitrogen functional groups attached to an aromatic ring is 1. The van der Waals surface area contributed by atoms with Crippen LogP contribution >= 0.6 is 11.6 Å². The molecule has 0 radical (unpaired) electrons. The number of allylic oxidation sites excluding steroid dienone is 1. The zero-order valence-electron chi connectivity index (χ0n) is 19.3. The summed E-state index contributed by atoms with van der Waals surface area (Å²) in [4.78, 5) is 29.2. The molecular formula is C26H30ClN3O4. The van der Waals surface area contributed by atoms with Gasteiger partial charge in [0.25, 0.3) is 5.91 Å². The molecule has 0 spiro atoms. The Labute approximate surface area is 205 Å². The molecule has 1 unspecified atom stereocenters. The van der Waals surface area contributed by atoms with Crippen LogP contribution in [0.15, 0.2) is 48.5 Å². The number of anilines is 1. The van der Waals surface area contributed by atoms with Gasteiger partial charge in [-0.25, -0.2) is 4.79 Å². The van der Waals surface area contributed by atoms with Crippen LogP contribution in [-0.2, 0) is 9.47 Å². The Morgan fingerprint density at radius 3 is 2.56 bits per heavy atom. The van der Waals surface area contributed by atoms with Gasteiger partial charge >= 0.3 is 6.09 Å². The van der Waals surface area contributed by atoms with Crippen molar-refractivity contribution in [3.05, 3.63) is 70.3 Å². The highest BCUT2D eigenvalue weighted by molar-refractivity contribution is 6.30. The first kappa shape index (κ1) is 24.1. The minimum atomic E-state index is -0.363. The number of rotatable bonds is 4. The van der Waals surface area contributed by atoms with E-state index in [1.807, 2.05) is 30.3 Å². The monoisotopic (exact) mass is 483 g/mol. The number of hydrogen-bond donors (Lipinski definition) is 1. The van der Waals surface area contributed by atoms with Gasteiger partial charge in [0.1, 0.15) is 0 Å². The fraction of sp³-hybridized carbons (Fsp3) is 0.385. The summed E-state index contributed by atoms with van der Waals surface area (Å²) in [5, 5.41) is 0.610. The van der Waals surface area contributed by atoms with Gasteiger partial charge in [-0.05, 0) is 61.2 Å². The van der Waals surface area contributed by atoms with Crippen molar-refractivity contribution in [1.82, 2.24) is 9.80 Å². The molecular weight excluding hydrogens is 454 g/mol. The maximum atomic E-state index is 12.9. The van der Waals surface area contributed by atoms with E-state index in [0.717, 1.165) is 29.5 Å². The van der Waals surface area contributed by atoms with E-state index >= 15 is 0 Å². The number of ether oxygens (including phenoxy) is 2. The first-order valence-electron chi connectivity index (χ1n) is 11.6. The normalized spacial score (nSPS) is 18.8. The highest BCUT2D eigenvalue weighted by Crippen LogP contribution is 2.36. The molecule has 2 aliphatic rings. The SMILES string of the molecule is CCOC(=O)N1CCCC(c2cc(Cl)ccc2N)=CC1c1ccc(C(=O)N2CCOCC2)cc1. The predicted octanol–water partition coefficient (Wildman–Crippen LogP) is 4.77. The van der Waals surface area contributed by atoms with Crippen LogP contribution in [0.25, 0.3) is 5.57 Å². The highest BCUT2D eigenvalue weighted by Gasteiger charge is 2.28. The zero-order valence-corrected chi connectivity index (χ0v) is 20.1. The lowest BCUT2D eigenvalue weighted by molar-refractivity contribution is 0.0303. The number of carbonyl (C=O) groups is 2. The standard InChI is InChI=1S/C26H30ClN3O4/c1-2-34-26(32)30-11-3-4-20(22-17-21(27)9-10-23(22)28)16-24(30)18-5-7-19(8-6-18)25(31)29-12-14-33-15-13-29/h5-10,16-17,24H,2-4,11-15,28H2,1H3. The molecule has 1 fully saturated rings. The van der Waals surface area contributed by atoms with Crippen molar-refractivity contribution >= 4 is 34.9 Å². The first-order chi connectivity index (χ1) is 16.5. The Morgan fingerprint density at radius 2 is 1.85 bits per heavy atom. The minimum Gasteiger partial charge on any atom is -0.450 e. The molecule has 0 aromatic heterocycles. The second kappa shape index (κ2) is 10.9. The topological polar surface area (TPSA) is 85.1 Å². The largest absolute Gasteiger partial charge is 0.450 e. The Balaban J connectivity index is 1.68. The molecule has 1 saturated heterocycles. The van der Waals surface area contributed by atoms with Gasteiger partial charge in [0.05, 0.1) is 25.9 Å². The zero-order chi connectivity index (χ0) is 24.1. The lowest BCUT2D eigenvalue weighted by Gasteiger charge is -2.29. The van der Waals surface area contributed by atoms with Crippen molar-refractivity contribution in [2.75, 3.05) is 45.2 Å². The third-order valence-corrected chi connectivity index (χ3v) is 6.44. The molecule has 0 saturated carbocycles. The lowest BCUT2D eigenvalue weighted by atomic mass is 9.96. The summed E-state index contributed by atoms with van der Waals surface area (Å²) in [5.41, 5.74) is 10.3. The molecule has 2 amide bonds. The van der Waals surface area contributed by atoms with Crippen LogP contribution in [0.4, 0.5) is 10.5 Å². The smallest absolute Gasteiger partial charge is 0.410 e. The minimum absolute atomic E-state index is 0.0131. The van der Waals surface area contributed by atoms with Crippen LogP contribution < -0.4 is 5.73 Å². The van der Waals surface area contributed by atoms with E-state index in [1.165, 1.54) is 0 Å². The van der Waals surface area contributed by atoms with Crippen LogP contribution in [0.2, 0.25) is 5.02 Å². The molecule has 2 heterocycles. The lowest BCUT2D eigenvalue weighted by Crippen LogP contribution is -2.40. The van der Waals surface area contributed by atoms with Gasteiger partial charge in [-0.1, -0.05) is 29.8 Å². The molecule has 34 heavy (non-hydrogen) atoms. The van der Waals surface area contributed by atoms with Gasteiger partial charge in [-0.2, -0.15) is 0 Å². The van der Waals surface area contributed by atoms with Gasteiger partial charge in [0.2, 0.25) is 0 Å². The van der Waals surface area contributed by atoms with Crippen molar-refractivity contribution < 1.29 is 19.1 Å². The van der Waals surface area contributed by atoms with E-state index in [-0.39, 0.29) is 18.0 Å². The van der Waals surface area contributed by atoms with Crippen molar-refractivity contribution in [2.45, 2.75) is 25.8 Å². The van der Waals surface area contributed by atoms with Crippen LogP contribution in [0, 0.1) is 0 Å². The summed E-state index contributed by atoms with van der Waals surface area (Å²) in [6.07, 6.45) is 3.22. The molecule has 7 nitrogen and oxygen atoms in total. The number of nitrogens with zero attached hydrogens (tertiary/aromatic N) is 2. The number of amides is 2. The van der Waals surface area contributed by atoms with Crippen molar-refractivity contribution in [2.24, 2.45) is 0 Å². The Morgan fingerprint density at radius 1 is 1.12 bits per heavy atom. The molecule has 0 aliphatic carbocycles. The summed E-state index contributed by atoms with van der Waals surface area (Å²) in [6, 6.07) is 12.5. The van der Waals surface area contributed by atoms with Crippen molar-refractivity contribution in [3.8, 4) is 0 Å². The Bertz CT molecular complexity index is 1060. The third kappa shape index (κ3) is 5.37. The third-order valence-electron chi connectivity index (χ3n) is 6.20. The molecule has 1 atom stereocenters. The number of benzene rings is 2. The summed E-state index contributed by atoms with van der Waals surface area (Å²) in [5.74, 6) is -0.0131. The van der Waals surface area contributed by atoms with E-state index in [0.29, 0.717) is 55.7 Å². The first-order valence-corrected chi connectivity index (χ1v) is 12.0. The van der Waals surface area contributed by atoms with E-state index in [1.54, 1.807) is 28.9 Å². The van der Waals surface area contributed by atoms with Crippen molar-refractivity contribution in [1.29, 1.82) is 0 Å².